The van der Waals surface area contributed by atoms with Gasteiger partial charge in [-0.15, -0.1) is 0 Å². The number of urea groups is 1. The number of fused-ring (bicyclic) bond motifs is 1. The van der Waals surface area contributed by atoms with Gasteiger partial charge < -0.3 is 15.0 Å². The molecule has 0 saturated heterocycles. The molecule has 0 bridgehead atoms. The number of hydrogen-bond acceptors (Lipinski definition) is 4. The number of benzene rings is 2. The molecule has 1 heterocycles. The molecule has 0 atom stereocenters. The molecule has 3 N–H and O–H groups in total. The number of nitrogens with one attached hydrogen (secondary N) is 3. The van der Waals surface area contributed by atoms with Gasteiger partial charge in [0.05, 0.1) is 4.47 Å². The molecule has 0 unspecified atom stereocenters. The van der Waals surface area contributed by atoms with E-state index in [0.29, 0.717) is 10.2 Å². The number of esters is 1. The lowest BCUT2D eigenvalue weighted by Gasteiger charge is -2.10. The summed E-state index contributed by atoms with van der Waals surface area (Å²) in [5.41, 5.74) is 3.49. The Hall–Kier alpha value is -3.13. The van der Waals surface area contributed by atoms with E-state index >= 15 is 0 Å². The number of carbonyl (C=O) groups excluding carboxylic acids is 3. The number of aryl methyl sites for hydroxylation is 2. The van der Waals surface area contributed by atoms with Crippen LogP contribution in [0.2, 0.25) is 0 Å². The Morgan fingerprint density at radius 3 is 2.57 bits per heavy atom. The highest BCUT2D eigenvalue weighted by atomic mass is 79.9. The highest BCUT2D eigenvalue weighted by molar-refractivity contribution is 9.10. The van der Waals surface area contributed by atoms with Crippen molar-refractivity contribution in [1.82, 2.24) is 10.3 Å². The number of anilines is 1. The van der Waals surface area contributed by atoms with Gasteiger partial charge in [-0.2, -0.15) is 0 Å². The first kappa shape index (κ1) is 19.6. The fourth-order valence-electron chi connectivity index (χ4n) is 2.72. The normalized spacial score (nSPS) is 10.5. The largest absolute Gasteiger partial charge is 0.451 e. The first-order valence-electron chi connectivity index (χ1n) is 8.46. The van der Waals surface area contributed by atoms with Crippen molar-refractivity contribution in [3.8, 4) is 0 Å². The van der Waals surface area contributed by atoms with E-state index in [2.05, 4.69) is 31.5 Å². The zero-order valence-corrected chi connectivity index (χ0v) is 16.8. The second-order valence-corrected chi connectivity index (χ2v) is 7.05. The van der Waals surface area contributed by atoms with E-state index in [1.54, 1.807) is 6.07 Å². The number of carbonyl (C=O) groups is 3. The van der Waals surface area contributed by atoms with Gasteiger partial charge >= 0.3 is 12.0 Å². The Bertz CT molecular complexity index is 1070. The molecule has 0 aliphatic rings. The molecule has 3 aromatic rings. The number of ether oxygens (including phenoxy) is 1. The molecule has 0 radical (unpaired) electrons. The number of para-hydroxylation sites is 1. The number of H-pyrrole nitrogens is 1. The van der Waals surface area contributed by atoms with E-state index in [-0.39, 0.29) is 5.69 Å². The Morgan fingerprint density at radius 1 is 1.11 bits per heavy atom. The van der Waals surface area contributed by atoms with Gasteiger partial charge in [-0.1, -0.05) is 35.9 Å². The van der Waals surface area contributed by atoms with Gasteiger partial charge in [-0.05, 0) is 47.5 Å². The van der Waals surface area contributed by atoms with Crippen LogP contribution >= 0.6 is 15.9 Å². The van der Waals surface area contributed by atoms with Gasteiger partial charge in [0.25, 0.3) is 5.91 Å². The van der Waals surface area contributed by atoms with Crippen LogP contribution in [0.3, 0.4) is 0 Å². The summed E-state index contributed by atoms with van der Waals surface area (Å²) >= 11 is 3.35. The van der Waals surface area contributed by atoms with Crippen LogP contribution in [0.15, 0.2) is 46.9 Å². The average Bonchev–Trinajstić information content (AvgIpc) is 2.99. The number of amides is 3. The van der Waals surface area contributed by atoms with Crippen LogP contribution in [0.5, 0.6) is 0 Å². The summed E-state index contributed by atoms with van der Waals surface area (Å²) in [5.74, 6) is -1.43. The second kappa shape index (κ2) is 8.26. The number of halogens is 1. The van der Waals surface area contributed by atoms with E-state index in [1.807, 2.05) is 50.2 Å². The lowest BCUT2D eigenvalue weighted by atomic mass is 10.1. The molecular formula is C20H18BrN3O4. The maximum Gasteiger partial charge on any atom is 0.356 e. The Kier molecular flexibility index (Phi) is 5.79. The number of aromatic amines is 1. The van der Waals surface area contributed by atoms with Crippen molar-refractivity contribution in [1.29, 1.82) is 0 Å². The molecule has 3 rings (SSSR count). The average molecular weight is 444 g/mol. The second-order valence-electron chi connectivity index (χ2n) is 6.26. The van der Waals surface area contributed by atoms with Gasteiger partial charge in [0.2, 0.25) is 0 Å². The Morgan fingerprint density at radius 2 is 1.86 bits per heavy atom. The minimum absolute atomic E-state index is 0.203. The summed E-state index contributed by atoms with van der Waals surface area (Å²) in [6, 6.07) is 12.2. The van der Waals surface area contributed by atoms with Crippen LogP contribution in [0.1, 0.15) is 21.6 Å². The third-order valence-electron chi connectivity index (χ3n) is 4.06. The van der Waals surface area contributed by atoms with Gasteiger partial charge in [-0.25, -0.2) is 9.59 Å². The molecule has 3 amide bonds. The van der Waals surface area contributed by atoms with E-state index in [4.69, 9.17) is 4.74 Å². The third kappa shape index (κ3) is 4.40. The van der Waals surface area contributed by atoms with Crippen molar-refractivity contribution < 1.29 is 19.1 Å². The highest BCUT2D eigenvalue weighted by Crippen LogP contribution is 2.28. The zero-order chi connectivity index (χ0) is 20.3. The molecule has 28 heavy (non-hydrogen) atoms. The summed E-state index contributed by atoms with van der Waals surface area (Å²) in [4.78, 5) is 39.0. The number of hydrogen-bond donors (Lipinski definition) is 3. The van der Waals surface area contributed by atoms with E-state index in [0.717, 1.165) is 22.0 Å². The van der Waals surface area contributed by atoms with Crippen molar-refractivity contribution >= 4 is 50.4 Å². The molecule has 144 valence electrons. The summed E-state index contributed by atoms with van der Waals surface area (Å²) < 4.78 is 5.56. The summed E-state index contributed by atoms with van der Waals surface area (Å²) in [6.07, 6.45) is 0. The van der Waals surface area contributed by atoms with Crippen molar-refractivity contribution in [2.75, 3.05) is 11.9 Å². The molecular weight excluding hydrogens is 426 g/mol. The molecule has 1 aromatic heterocycles. The van der Waals surface area contributed by atoms with Crippen LogP contribution < -0.4 is 10.6 Å². The predicted octanol–water partition coefficient (Wildman–Crippen LogP) is 4.05. The van der Waals surface area contributed by atoms with Crippen molar-refractivity contribution in [3.05, 3.63) is 63.8 Å². The first-order valence-corrected chi connectivity index (χ1v) is 9.26. The molecule has 7 nitrogen and oxygen atoms in total. The van der Waals surface area contributed by atoms with Crippen LogP contribution in [0, 0.1) is 13.8 Å². The summed E-state index contributed by atoms with van der Waals surface area (Å²) in [5, 5.41) is 5.55. The van der Waals surface area contributed by atoms with Crippen LogP contribution in [0.4, 0.5) is 10.5 Å². The summed E-state index contributed by atoms with van der Waals surface area (Å²) in [6.45, 7) is 3.21. The molecule has 0 spiro atoms. The maximum atomic E-state index is 12.2. The lowest BCUT2D eigenvalue weighted by Crippen LogP contribution is -2.37. The van der Waals surface area contributed by atoms with E-state index < -0.39 is 24.5 Å². The monoisotopic (exact) mass is 443 g/mol. The van der Waals surface area contributed by atoms with Gasteiger partial charge in [0, 0.05) is 16.6 Å². The highest BCUT2D eigenvalue weighted by Gasteiger charge is 2.19. The minimum Gasteiger partial charge on any atom is -0.451 e. The number of rotatable bonds is 4. The van der Waals surface area contributed by atoms with Gasteiger partial charge in [0.15, 0.2) is 6.61 Å². The fourth-order valence-corrected chi connectivity index (χ4v) is 3.33. The van der Waals surface area contributed by atoms with Crippen LogP contribution in [0.25, 0.3) is 10.9 Å². The lowest BCUT2D eigenvalue weighted by molar-refractivity contribution is -0.123. The molecule has 0 aliphatic heterocycles. The Balaban J connectivity index is 1.55. The first-order chi connectivity index (χ1) is 13.3. The fraction of sp³-hybridized carbons (Fsp3) is 0.150. The molecule has 0 fully saturated rings. The number of aromatic nitrogens is 1. The maximum absolute atomic E-state index is 12.2. The van der Waals surface area contributed by atoms with Gasteiger partial charge in [-0.3, -0.25) is 10.1 Å². The summed E-state index contributed by atoms with van der Waals surface area (Å²) in [7, 11) is 0. The number of imide groups is 1. The van der Waals surface area contributed by atoms with Crippen LogP contribution in [-0.2, 0) is 9.53 Å². The molecule has 8 heteroatoms. The molecule has 0 aliphatic carbocycles. The van der Waals surface area contributed by atoms with Gasteiger partial charge in [0.1, 0.15) is 5.69 Å². The van der Waals surface area contributed by atoms with Crippen LogP contribution in [-0.4, -0.2) is 29.5 Å². The SMILES string of the molecule is Cc1ccc(NC(=O)NC(=O)COC(=O)c2[nH]c3ccccc3c2Br)c(C)c1. The van der Waals surface area contributed by atoms with E-state index in [1.165, 1.54) is 0 Å². The predicted molar refractivity (Wildman–Crippen MR) is 109 cm³/mol. The van der Waals surface area contributed by atoms with Crippen molar-refractivity contribution in [2.24, 2.45) is 0 Å². The van der Waals surface area contributed by atoms with Crippen molar-refractivity contribution in [3.63, 3.8) is 0 Å². The zero-order valence-electron chi connectivity index (χ0n) is 15.3. The smallest absolute Gasteiger partial charge is 0.356 e. The molecule has 0 saturated carbocycles. The Labute approximate surface area is 169 Å². The topological polar surface area (TPSA) is 100 Å². The third-order valence-corrected chi connectivity index (χ3v) is 4.89. The minimum atomic E-state index is -0.733. The quantitative estimate of drug-likeness (QED) is 0.529. The van der Waals surface area contributed by atoms with E-state index in [9.17, 15) is 14.4 Å². The molecule has 2 aromatic carbocycles. The standard InChI is InChI=1S/C20H18BrN3O4/c1-11-7-8-14(12(2)9-11)23-20(27)24-16(25)10-28-19(26)18-17(21)13-5-3-4-6-15(13)22-18/h3-9,22H,10H2,1-2H3,(H2,23,24,25,27). The van der Waals surface area contributed by atoms with Crippen molar-refractivity contribution in [2.45, 2.75) is 13.8 Å².